The van der Waals surface area contributed by atoms with Crippen molar-refractivity contribution in [1.29, 1.82) is 0 Å². The topological polar surface area (TPSA) is 45.8 Å². The molecular formula is C12H7ClN2O. The van der Waals surface area contributed by atoms with Crippen LogP contribution in [0.2, 0.25) is 5.02 Å². The van der Waals surface area contributed by atoms with E-state index in [1.807, 2.05) is 24.3 Å². The van der Waals surface area contributed by atoms with Gasteiger partial charge in [0.05, 0.1) is 21.6 Å². The smallest absolute Gasteiger partial charge is 0.153 e. The molecule has 0 saturated carbocycles. The fraction of sp³-hybridized carbons (Fsp3) is 0. The minimum Gasteiger partial charge on any atom is -0.358 e. The van der Waals surface area contributed by atoms with Gasteiger partial charge in [-0.05, 0) is 6.07 Å². The molecule has 2 aromatic heterocycles. The van der Waals surface area contributed by atoms with Crippen LogP contribution in [0.1, 0.15) is 10.4 Å². The first-order chi connectivity index (χ1) is 7.81. The third kappa shape index (κ3) is 1.15. The second kappa shape index (κ2) is 3.32. The molecule has 3 aromatic rings. The van der Waals surface area contributed by atoms with E-state index in [9.17, 15) is 4.79 Å². The largest absolute Gasteiger partial charge is 0.358 e. The number of hydrogen-bond donors (Lipinski definition) is 1. The van der Waals surface area contributed by atoms with Crippen LogP contribution in [0.15, 0.2) is 30.5 Å². The lowest BCUT2D eigenvalue weighted by molar-refractivity contribution is 0.112. The first-order valence-electron chi connectivity index (χ1n) is 4.82. The fourth-order valence-electron chi connectivity index (χ4n) is 1.82. The molecule has 0 saturated heterocycles. The Labute approximate surface area is 96.1 Å². The Kier molecular flexibility index (Phi) is 1.94. The standard InChI is InChI=1S/C12H7ClN2O/c13-10-8-3-1-2-4-9(8)15-11-7(6-16)5-14-12(10)11/h1-6,14H. The molecule has 0 atom stereocenters. The second-order valence-electron chi connectivity index (χ2n) is 3.53. The van der Waals surface area contributed by atoms with E-state index in [1.54, 1.807) is 6.20 Å². The van der Waals surface area contributed by atoms with Crippen molar-refractivity contribution in [3.05, 3.63) is 41.0 Å². The van der Waals surface area contributed by atoms with E-state index in [0.717, 1.165) is 17.2 Å². The number of aromatic amines is 1. The zero-order valence-electron chi connectivity index (χ0n) is 8.20. The summed E-state index contributed by atoms with van der Waals surface area (Å²) in [5.41, 5.74) is 2.66. The Morgan fingerprint density at radius 3 is 2.94 bits per heavy atom. The Morgan fingerprint density at radius 1 is 1.31 bits per heavy atom. The summed E-state index contributed by atoms with van der Waals surface area (Å²) in [4.78, 5) is 18.2. The number of hydrogen-bond acceptors (Lipinski definition) is 2. The Balaban J connectivity index is 2.57. The molecule has 0 unspecified atom stereocenters. The van der Waals surface area contributed by atoms with Crippen LogP contribution in [0.3, 0.4) is 0 Å². The summed E-state index contributed by atoms with van der Waals surface area (Å²) in [6, 6.07) is 7.59. The lowest BCUT2D eigenvalue weighted by Gasteiger charge is -2.01. The number of carbonyl (C=O) groups is 1. The van der Waals surface area contributed by atoms with Crippen molar-refractivity contribution in [3.8, 4) is 0 Å². The molecule has 0 aliphatic rings. The number of carbonyl (C=O) groups excluding carboxylic acids is 1. The first kappa shape index (κ1) is 9.36. The number of para-hydroxylation sites is 1. The van der Waals surface area contributed by atoms with Gasteiger partial charge in [0, 0.05) is 11.6 Å². The average Bonchev–Trinajstić information content (AvgIpc) is 2.72. The van der Waals surface area contributed by atoms with E-state index in [4.69, 9.17) is 11.6 Å². The highest BCUT2D eigenvalue weighted by Crippen LogP contribution is 2.30. The Hall–Kier alpha value is -1.87. The molecule has 0 spiro atoms. The summed E-state index contributed by atoms with van der Waals surface area (Å²) < 4.78 is 0. The van der Waals surface area contributed by atoms with Crippen LogP contribution in [-0.2, 0) is 0 Å². The monoisotopic (exact) mass is 230 g/mol. The van der Waals surface area contributed by atoms with Gasteiger partial charge in [-0.1, -0.05) is 29.8 Å². The number of nitrogens with zero attached hydrogens (tertiary/aromatic N) is 1. The van der Waals surface area contributed by atoms with Crippen LogP contribution >= 0.6 is 11.6 Å². The molecule has 1 N–H and O–H groups in total. The maximum Gasteiger partial charge on any atom is 0.153 e. The number of nitrogens with one attached hydrogen (secondary N) is 1. The third-order valence-electron chi connectivity index (χ3n) is 2.60. The van der Waals surface area contributed by atoms with Crippen LogP contribution in [-0.4, -0.2) is 16.3 Å². The van der Waals surface area contributed by atoms with Crippen LogP contribution in [0, 0.1) is 0 Å². The van der Waals surface area contributed by atoms with Crippen LogP contribution in [0.4, 0.5) is 0 Å². The highest BCUT2D eigenvalue weighted by Gasteiger charge is 2.11. The number of rotatable bonds is 1. The Bertz CT molecular complexity index is 703. The van der Waals surface area contributed by atoms with Crippen molar-refractivity contribution in [2.45, 2.75) is 0 Å². The highest BCUT2D eigenvalue weighted by molar-refractivity contribution is 6.40. The summed E-state index contributed by atoms with van der Waals surface area (Å²) in [5, 5.41) is 1.49. The van der Waals surface area contributed by atoms with Crippen molar-refractivity contribution in [3.63, 3.8) is 0 Å². The lowest BCUT2D eigenvalue weighted by Crippen LogP contribution is -1.84. The number of pyridine rings is 1. The molecule has 0 radical (unpaired) electrons. The molecule has 78 valence electrons. The zero-order valence-corrected chi connectivity index (χ0v) is 8.95. The summed E-state index contributed by atoms with van der Waals surface area (Å²) in [5.74, 6) is 0. The van der Waals surface area contributed by atoms with E-state index in [0.29, 0.717) is 21.6 Å². The van der Waals surface area contributed by atoms with E-state index in [-0.39, 0.29) is 0 Å². The van der Waals surface area contributed by atoms with Crippen molar-refractivity contribution >= 4 is 39.8 Å². The summed E-state index contributed by atoms with van der Waals surface area (Å²) in [6.07, 6.45) is 2.40. The number of H-pyrrole nitrogens is 1. The molecule has 0 aliphatic heterocycles. The predicted octanol–water partition coefficient (Wildman–Crippen LogP) is 3.18. The number of benzene rings is 1. The SMILES string of the molecule is O=Cc1c[nH]c2c(Cl)c3ccccc3nc12. The predicted molar refractivity (Wildman–Crippen MR) is 64.0 cm³/mol. The van der Waals surface area contributed by atoms with E-state index in [2.05, 4.69) is 9.97 Å². The van der Waals surface area contributed by atoms with E-state index in [1.165, 1.54) is 0 Å². The van der Waals surface area contributed by atoms with E-state index < -0.39 is 0 Å². The fourth-order valence-corrected chi connectivity index (χ4v) is 2.12. The normalized spacial score (nSPS) is 11.1. The summed E-state index contributed by atoms with van der Waals surface area (Å²) in [7, 11) is 0. The van der Waals surface area contributed by atoms with Crippen molar-refractivity contribution in [1.82, 2.24) is 9.97 Å². The number of fused-ring (bicyclic) bond motifs is 2. The molecule has 0 bridgehead atoms. The van der Waals surface area contributed by atoms with Gasteiger partial charge in [0.25, 0.3) is 0 Å². The van der Waals surface area contributed by atoms with Gasteiger partial charge in [-0.3, -0.25) is 4.79 Å². The number of aromatic nitrogens is 2. The van der Waals surface area contributed by atoms with Crippen LogP contribution in [0.25, 0.3) is 21.9 Å². The molecule has 3 nitrogen and oxygen atoms in total. The van der Waals surface area contributed by atoms with Crippen molar-refractivity contribution in [2.24, 2.45) is 0 Å². The van der Waals surface area contributed by atoms with Gasteiger partial charge in [-0.15, -0.1) is 0 Å². The van der Waals surface area contributed by atoms with E-state index >= 15 is 0 Å². The van der Waals surface area contributed by atoms with Crippen LogP contribution in [0.5, 0.6) is 0 Å². The van der Waals surface area contributed by atoms with Gasteiger partial charge < -0.3 is 4.98 Å². The van der Waals surface area contributed by atoms with Crippen molar-refractivity contribution in [2.75, 3.05) is 0 Å². The minimum absolute atomic E-state index is 0.530. The number of aldehydes is 1. The van der Waals surface area contributed by atoms with Gasteiger partial charge in [0.2, 0.25) is 0 Å². The second-order valence-corrected chi connectivity index (χ2v) is 3.91. The van der Waals surface area contributed by atoms with Gasteiger partial charge in [0.1, 0.15) is 5.52 Å². The summed E-state index contributed by atoms with van der Waals surface area (Å²) in [6.45, 7) is 0. The molecule has 0 aliphatic carbocycles. The molecule has 3 rings (SSSR count). The summed E-state index contributed by atoms with van der Waals surface area (Å²) >= 11 is 6.26. The van der Waals surface area contributed by atoms with Crippen LogP contribution < -0.4 is 0 Å². The van der Waals surface area contributed by atoms with Gasteiger partial charge in [-0.25, -0.2) is 4.98 Å². The molecule has 1 aromatic carbocycles. The lowest BCUT2D eigenvalue weighted by atomic mass is 10.2. The minimum atomic E-state index is 0.530. The maximum absolute atomic E-state index is 10.8. The molecular weight excluding hydrogens is 224 g/mol. The van der Waals surface area contributed by atoms with Gasteiger partial charge >= 0.3 is 0 Å². The first-order valence-corrected chi connectivity index (χ1v) is 5.19. The van der Waals surface area contributed by atoms with Crippen molar-refractivity contribution < 1.29 is 4.79 Å². The van der Waals surface area contributed by atoms with Gasteiger partial charge in [0.15, 0.2) is 6.29 Å². The molecule has 4 heteroatoms. The zero-order chi connectivity index (χ0) is 11.1. The third-order valence-corrected chi connectivity index (χ3v) is 2.99. The molecule has 2 heterocycles. The molecule has 0 fully saturated rings. The molecule has 0 amide bonds. The Morgan fingerprint density at radius 2 is 2.12 bits per heavy atom. The maximum atomic E-state index is 10.8. The highest BCUT2D eigenvalue weighted by atomic mass is 35.5. The average molecular weight is 231 g/mol. The quantitative estimate of drug-likeness (QED) is 0.653. The molecule has 16 heavy (non-hydrogen) atoms. The van der Waals surface area contributed by atoms with Gasteiger partial charge in [-0.2, -0.15) is 0 Å². The number of halogens is 1.